The van der Waals surface area contributed by atoms with Crippen molar-refractivity contribution in [2.75, 3.05) is 26.2 Å². The van der Waals surface area contributed by atoms with Crippen molar-refractivity contribution in [3.05, 3.63) is 29.8 Å². The second-order valence-corrected chi connectivity index (χ2v) is 4.55. The Hall–Kier alpha value is -1.34. The van der Waals surface area contributed by atoms with E-state index < -0.39 is 19.0 Å². The van der Waals surface area contributed by atoms with Gasteiger partial charge in [0.05, 0.1) is 6.04 Å². The number of nitrogens with one attached hydrogen (secondary N) is 1. The van der Waals surface area contributed by atoms with Crippen LogP contribution in [0, 0.1) is 0 Å². The molecule has 0 saturated carbocycles. The summed E-state index contributed by atoms with van der Waals surface area (Å²) in [5.41, 5.74) is 0.935. The summed E-state index contributed by atoms with van der Waals surface area (Å²) in [6, 6.07) is 6.41. The second-order valence-electron chi connectivity index (χ2n) is 4.55. The maximum atomic E-state index is 12.7. The SMILES string of the molecule is FC(F)C(F)(F)COc1ccc(C2CNCC[N]2)cc1. The van der Waals surface area contributed by atoms with Gasteiger partial charge in [-0.3, -0.25) is 0 Å². The molecular formula is C13H15F4N2O. The Balaban J connectivity index is 1.91. The standard InChI is InChI=1S/C13H15F4N2O/c14-12(15)13(16,17)8-20-10-3-1-9(2-4-10)11-7-18-5-6-19-11/h1-4,11-12,18H,5-8H2. The van der Waals surface area contributed by atoms with Gasteiger partial charge < -0.3 is 10.1 Å². The van der Waals surface area contributed by atoms with Gasteiger partial charge in [0.15, 0.2) is 6.61 Å². The van der Waals surface area contributed by atoms with Gasteiger partial charge in [-0.1, -0.05) is 12.1 Å². The maximum absolute atomic E-state index is 12.7. The van der Waals surface area contributed by atoms with Gasteiger partial charge in [0.25, 0.3) is 0 Å². The molecular weight excluding hydrogens is 276 g/mol. The molecule has 1 atom stereocenters. The number of rotatable bonds is 5. The lowest BCUT2D eigenvalue weighted by atomic mass is 10.1. The van der Waals surface area contributed by atoms with E-state index in [4.69, 9.17) is 4.74 Å². The molecule has 1 aliphatic heterocycles. The molecule has 111 valence electrons. The lowest BCUT2D eigenvalue weighted by Gasteiger charge is -2.23. The number of alkyl halides is 4. The minimum absolute atomic E-state index is 0.0281. The number of nitrogens with zero attached hydrogens (tertiary/aromatic N) is 1. The Bertz CT molecular complexity index is 419. The maximum Gasteiger partial charge on any atom is 0.340 e. The molecule has 1 heterocycles. The summed E-state index contributed by atoms with van der Waals surface area (Å²) in [6.45, 7) is 0.965. The summed E-state index contributed by atoms with van der Waals surface area (Å²) < 4.78 is 54.1. The van der Waals surface area contributed by atoms with Crippen LogP contribution in [0.25, 0.3) is 0 Å². The molecule has 1 aromatic carbocycles. The molecule has 1 fully saturated rings. The topological polar surface area (TPSA) is 35.4 Å². The quantitative estimate of drug-likeness (QED) is 0.844. The second kappa shape index (κ2) is 6.41. The van der Waals surface area contributed by atoms with E-state index in [0.29, 0.717) is 0 Å². The highest BCUT2D eigenvalue weighted by Gasteiger charge is 2.41. The van der Waals surface area contributed by atoms with Gasteiger partial charge in [0.2, 0.25) is 0 Å². The summed E-state index contributed by atoms with van der Waals surface area (Å²) in [4.78, 5) is 0. The van der Waals surface area contributed by atoms with E-state index in [1.807, 2.05) is 0 Å². The Morgan fingerprint density at radius 1 is 1.30 bits per heavy atom. The minimum atomic E-state index is -4.14. The largest absolute Gasteiger partial charge is 0.487 e. The van der Waals surface area contributed by atoms with Crippen LogP contribution in [0.15, 0.2) is 24.3 Å². The molecule has 0 spiro atoms. The number of hydrogen-bond donors (Lipinski definition) is 1. The molecule has 0 aliphatic carbocycles. The van der Waals surface area contributed by atoms with E-state index in [0.717, 1.165) is 25.2 Å². The third-order valence-electron chi connectivity index (χ3n) is 2.99. The molecule has 1 radical (unpaired) electrons. The summed E-state index contributed by atoms with van der Waals surface area (Å²) in [5, 5.41) is 7.61. The molecule has 0 bridgehead atoms. The van der Waals surface area contributed by atoms with Crippen LogP contribution in [-0.4, -0.2) is 38.6 Å². The third-order valence-corrected chi connectivity index (χ3v) is 2.99. The van der Waals surface area contributed by atoms with Gasteiger partial charge in [0, 0.05) is 19.6 Å². The van der Waals surface area contributed by atoms with E-state index in [1.165, 1.54) is 12.1 Å². The normalized spacial score (nSPS) is 20.1. The fraction of sp³-hybridized carbons (Fsp3) is 0.538. The zero-order valence-electron chi connectivity index (χ0n) is 10.7. The third kappa shape index (κ3) is 3.83. The van der Waals surface area contributed by atoms with Crippen LogP contribution >= 0.6 is 0 Å². The van der Waals surface area contributed by atoms with Crippen LogP contribution in [0.5, 0.6) is 5.75 Å². The van der Waals surface area contributed by atoms with Crippen LogP contribution in [0.3, 0.4) is 0 Å². The predicted molar refractivity (Wildman–Crippen MR) is 65.5 cm³/mol. The molecule has 20 heavy (non-hydrogen) atoms. The fourth-order valence-electron chi connectivity index (χ4n) is 1.85. The first kappa shape index (κ1) is 15.1. The van der Waals surface area contributed by atoms with Gasteiger partial charge in [-0.15, -0.1) is 0 Å². The zero-order valence-corrected chi connectivity index (χ0v) is 10.7. The van der Waals surface area contributed by atoms with E-state index >= 15 is 0 Å². The summed E-state index contributed by atoms with van der Waals surface area (Å²) in [5.74, 6) is -4.00. The molecule has 3 nitrogen and oxygen atoms in total. The molecule has 1 aliphatic rings. The van der Waals surface area contributed by atoms with Crippen molar-refractivity contribution in [3.63, 3.8) is 0 Å². The van der Waals surface area contributed by atoms with Crippen molar-refractivity contribution < 1.29 is 22.3 Å². The minimum Gasteiger partial charge on any atom is -0.487 e. The van der Waals surface area contributed by atoms with E-state index in [1.54, 1.807) is 12.1 Å². The number of hydrogen-bond acceptors (Lipinski definition) is 2. The Morgan fingerprint density at radius 3 is 2.55 bits per heavy atom. The highest BCUT2D eigenvalue weighted by atomic mass is 19.3. The van der Waals surface area contributed by atoms with E-state index in [-0.39, 0.29) is 11.8 Å². The Kier molecular flexibility index (Phi) is 4.82. The molecule has 0 amide bonds. The van der Waals surface area contributed by atoms with Crippen LogP contribution < -0.4 is 15.4 Å². The van der Waals surface area contributed by atoms with E-state index in [9.17, 15) is 17.6 Å². The van der Waals surface area contributed by atoms with Crippen molar-refractivity contribution in [1.29, 1.82) is 0 Å². The van der Waals surface area contributed by atoms with Gasteiger partial charge in [-0.25, -0.2) is 14.1 Å². The fourth-order valence-corrected chi connectivity index (χ4v) is 1.85. The predicted octanol–water partition coefficient (Wildman–Crippen LogP) is 2.21. The summed E-state index contributed by atoms with van der Waals surface area (Å²) in [7, 11) is 0. The average molecular weight is 291 g/mol. The number of ether oxygens (including phenoxy) is 1. The Labute approximate surface area is 114 Å². The molecule has 1 N–H and O–H groups in total. The van der Waals surface area contributed by atoms with Crippen molar-refractivity contribution in [3.8, 4) is 5.75 Å². The molecule has 7 heteroatoms. The lowest BCUT2D eigenvalue weighted by molar-refractivity contribution is -0.148. The van der Waals surface area contributed by atoms with Crippen LogP contribution in [0.1, 0.15) is 11.6 Å². The van der Waals surface area contributed by atoms with E-state index in [2.05, 4.69) is 10.6 Å². The van der Waals surface area contributed by atoms with Crippen molar-refractivity contribution in [2.45, 2.75) is 18.4 Å². The van der Waals surface area contributed by atoms with Gasteiger partial charge in [-0.2, -0.15) is 8.78 Å². The lowest BCUT2D eigenvalue weighted by Crippen LogP contribution is -2.38. The summed E-state index contributed by atoms with van der Waals surface area (Å²) in [6.07, 6.45) is -3.73. The summed E-state index contributed by atoms with van der Waals surface area (Å²) >= 11 is 0. The van der Waals surface area contributed by atoms with Gasteiger partial charge in [-0.05, 0) is 17.7 Å². The Morgan fingerprint density at radius 2 is 2.00 bits per heavy atom. The number of piperazine rings is 1. The van der Waals surface area contributed by atoms with Crippen molar-refractivity contribution in [1.82, 2.24) is 10.6 Å². The number of benzene rings is 1. The monoisotopic (exact) mass is 291 g/mol. The van der Waals surface area contributed by atoms with Crippen LogP contribution in [-0.2, 0) is 0 Å². The molecule has 2 rings (SSSR count). The first-order chi connectivity index (χ1) is 9.49. The number of halogens is 4. The van der Waals surface area contributed by atoms with Crippen molar-refractivity contribution in [2.24, 2.45) is 0 Å². The van der Waals surface area contributed by atoms with Gasteiger partial charge >= 0.3 is 12.3 Å². The smallest absolute Gasteiger partial charge is 0.340 e. The van der Waals surface area contributed by atoms with Gasteiger partial charge in [0.1, 0.15) is 5.75 Å². The molecule has 0 aromatic heterocycles. The van der Waals surface area contributed by atoms with Crippen molar-refractivity contribution >= 4 is 0 Å². The molecule has 1 aromatic rings. The van der Waals surface area contributed by atoms with Crippen LogP contribution in [0.4, 0.5) is 17.6 Å². The highest BCUT2D eigenvalue weighted by Crippen LogP contribution is 2.25. The zero-order chi connectivity index (χ0) is 14.6. The molecule has 1 saturated heterocycles. The average Bonchev–Trinajstić information content (AvgIpc) is 2.46. The highest BCUT2D eigenvalue weighted by molar-refractivity contribution is 5.29. The molecule has 1 unspecified atom stereocenters. The first-order valence-electron chi connectivity index (χ1n) is 6.25. The first-order valence-corrected chi connectivity index (χ1v) is 6.25. The van der Waals surface area contributed by atoms with Crippen LogP contribution in [0.2, 0.25) is 0 Å².